The predicted molar refractivity (Wildman–Crippen MR) is 309 cm³/mol. The van der Waals surface area contributed by atoms with Gasteiger partial charge in [0.25, 0.3) is 0 Å². The fourth-order valence-corrected chi connectivity index (χ4v) is 10.6. The van der Waals surface area contributed by atoms with Gasteiger partial charge in [0.05, 0.1) is 28.1 Å². The Bertz CT molecular complexity index is 3760. The summed E-state index contributed by atoms with van der Waals surface area (Å²) in [6.07, 6.45) is 1.90. The molecule has 0 saturated carbocycles. The summed E-state index contributed by atoms with van der Waals surface area (Å²) in [6, 6.07) is 59.7. The van der Waals surface area contributed by atoms with Crippen molar-refractivity contribution >= 4 is 44.6 Å². The van der Waals surface area contributed by atoms with Crippen molar-refractivity contribution in [3.63, 3.8) is 0 Å². The van der Waals surface area contributed by atoms with Gasteiger partial charge in [-0.25, -0.2) is 13.8 Å². The summed E-state index contributed by atoms with van der Waals surface area (Å²) in [5.41, 5.74) is 15.6. The molecule has 1 aliphatic rings. The number of benzene rings is 8. The molecule has 0 bridgehead atoms. The highest BCUT2D eigenvalue weighted by Gasteiger charge is 2.34. The lowest BCUT2D eigenvalue weighted by atomic mass is 9.81. The Morgan fingerprint density at radius 3 is 1.73 bits per heavy atom. The van der Waals surface area contributed by atoms with Gasteiger partial charge >= 0.3 is 0 Å². The van der Waals surface area contributed by atoms with E-state index in [1.54, 1.807) is 0 Å². The molecule has 2 aromatic heterocycles. The van der Waals surface area contributed by atoms with Crippen LogP contribution in [0.25, 0.3) is 61.0 Å². The van der Waals surface area contributed by atoms with E-state index in [4.69, 9.17) is 9.72 Å². The molecule has 376 valence electrons. The average molecular weight is 991 g/mol. The van der Waals surface area contributed by atoms with Crippen molar-refractivity contribution in [3.8, 4) is 50.7 Å². The van der Waals surface area contributed by atoms with Crippen molar-refractivity contribution in [3.05, 3.63) is 216 Å². The monoisotopic (exact) mass is 991 g/mol. The molecule has 11 rings (SSSR count). The fourth-order valence-electron chi connectivity index (χ4n) is 10.6. The third-order valence-corrected chi connectivity index (χ3v) is 14.8. The third kappa shape index (κ3) is 9.46. The highest BCUT2D eigenvalue weighted by atomic mass is 19.1. The number of pyridine rings is 1. The van der Waals surface area contributed by atoms with Gasteiger partial charge in [-0.05, 0) is 146 Å². The quantitative estimate of drug-likeness (QED) is 0.137. The topological polar surface area (TPSA) is 33.5 Å². The molecular formula is C68H64F2N4O. The minimum atomic E-state index is -0.622. The number of anilines is 4. The summed E-state index contributed by atoms with van der Waals surface area (Å²) < 4.78 is 40.4. The lowest BCUT2D eigenvalue weighted by molar-refractivity contribution is 0.483. The first-order valence-electron chi connectivity index (χ1n) is 26.2. The lowest BCUT2D eigenvalue weighted by Gasteiger charge is -2.31. The zero-order chi connectivity index (χ0) is 52.5. The van der Waals surface area contributed by atoms with Gasteiger partial charge in [-0.2, -0.15) is 0 Å². The molecule has 1 aliphatic heterocycles. The van der Waals surface area contributed by atoms with Crippen LogP contribution in [-0.4, -0.2) is 16.2 Å². The van der Waals surface area contributed by atoms with Crippen LogP contribution in [-0.2, 0) is 10.8 Å². The molecule has 8 aromatic carbocycles. The molecule has 10 aromatic rings. The summed E-state index contributed by atoms with van der Waals surface area (Å²) in [4.78, 5) is 9.58. The highest BCUT2D eigenvalue weighted by molar-refractivity contribution is 6.09. The van der Waals surface area contributed by atoms with Crippen LogP contribution < -0.4 is 14.5 Å². The summed E-state index contributed by atoms with van der Waals surface area (Å²) in [5, 5.41) is 2.25. The van der Waals surface area contributed by atoms with Crippen molar-refractivity contribution < 1.29 is 13.5 Å². The summed E-state index contributed by atoms with van der Waals surface area (Å²) in [5.74, 6) is 1.53. The Balaban J connectivity index is 1.09. The molecule has 0 radical (unpaired) electrons. The Morgan fingerprint density at radius 2 is 1.08 bits per heavy atom. The van der Waals surface area contributed by atoms with E-state index in [1.165, 1.54) is 28.8 Å². The molecule has 0 N–H and O–H groups in total. The van der Waals surface area contributed by atoms with E-state index >= 15 is 8.78 Å². The van der Waals surface area contributed by atoms with Gasteiger partial charge in [0.15, 0.2) is 0 Å². The van der Waals surface area contributed by atoms with E-state index in [2.05, 4.69) is 235 Å². The number of nitrogens with zero attached hydrogens (tertiary/aromatic N) is 4. The number of para-hydroxylation sites is 3. The number of fused-ring (bicyclic) bond motifs is 4. The molecule has 0 saturated heterocycles. The fraction of sp³-hybridized carbons (Fsp3) is 0.221. The van der Waals surface area contributed by atoms with Gasteiger partial charge < -0.3 is 14.5 Å². The van der Waals surface area contributed by atoms with Crippen LogP contribution in [0.2, 0.25) is 0 Å². The zero-order valence-corrected chi connectivity index (χ0v) is 44.6. The van der Waals surface area contributed by atoms with Crippen LogP contribution in [0.1, 0.15) is 103 Å². The van der Waals surface area contributed by atoms with E-state index in [0.29, 0.717) is 23.7 Å². The lowest BCUT2D eigenvalue weighted by Crippen LogP contribution is -2.25. The van der Waals surface area contributed by atoms with Gasteiger partial charge in [0.2, 0.25) is 0 Å². The molecule has 0 fully saturated rings. The Kier molecular flexibility index (Phi) is 12.5. The Labute approximate surface area is 440 Å². The van der Waals surface area contributed by atoms with Gasteiger partial charge in [0.1, 0.15) is 35.6 Å². The molecule has 0 unspecified atom stereocenters. The predicted octanol–water partition coefficient (Wildman–Crippen LogP) is 19.3. The van der Waals surface area contributed by atoms with Crippen molar-refractivity contribution in [2.75, 3.05) is 16.5 Å². The number of aromatic nitrogens is 2. The van der Waals surface area contributed by atoms with Crippen molar-refractivity contribution in [2.45, 2.75) is 91.9 Å². The van der Waals surface area contributed by atoms with Crippen LogP contribution >= 0.6 is 0 Å². The maximum atomic E-state index is 15.6. The summed E-state index contributed by atoms with van der Waals surface area (Å²) in [6.45, 7) is 22.6. The normalized spacial score (nSPS) is 12.9. The van der Waals surface area contributed by atoms with Gasteiger partial charge in [-0.1, -0.05) is 148 Å². The standard InChI is InChI=1S/C68H64F2N4O/c1-42(2)45-28-46(43(3)4)30-48(29-45)59-35-51(68(8,9)10)36-60(49-31-52(69)38-53(70)32-49)66(59)73-41-72(62-22-16-17-23-63(62)73)54-33-47(44-18-12-11-13-19-44)34-56(39-54)75-55-24-25-58-57-20-14-15-21-61(57)74(64(58)40-55)65-37-50(26-27-71-65)67(5,6)7/h11-40,42-43H,41H2,1-10H3. The minimum absolute atomic E-state index is 0.0573. The van der Waals surface area contributed by atoms with Crippen molar-refractivity contribution in [1.82, 2.24) is 9.55 Å². The molecule has 0 atom stereocenters. The Morgan fingerprint density at radius 1 is 0.480 bits per heavy atom. The first kappa shape index (κ1) is 49.2. The highest BCUT2D eigenvalue weighted by Crippen LogP contribution is 2.53. The number of halogens is 2. The second kappa shape index (κ2) is 19.0. The minimum Gasteiger partial charge on any atom is -0.457 e. The molecule has 75 heavy (non-hydrogen) atoms. The van der Waals surface area contributed by atoms with E-state index in [9.17, 15) is 0 Å². The second-order valence-electron chi connectivity index (χ2n) is 22.9. The molecule has 0 aliphatic carbocycles. The zero-order valence-electron chi connectivity index (χ0n) is 44.6. The molecule has 7 heteroatoms. The molecule has 3 heterocycles. The molecule has 0 amide bonds. The molecule has 0 spiro atoms. The Hall–Kier alpha value is -8.03. The summed E-state index contributed by atoms with van der Waals surface area (Å²) in [7, 11) is 0. The molecule has 5 nitrogen and oxygen atoms in total. The van der Waals surface area contributed by atoms with Crippen LogP contribution in [0.5, 0.6) is 11.5 Å². The first-order valence-corrected chi connectivity index (χ1v) is 26.2. The van der Waals surface area contributed by atoms with Gasteiger partial charge in [-0.15, -0.1) is 0 Å². The van der Waals surface area contributed by atoms with E-state index in [1.807, 2.05) is 12.3 Å². The van der Waals surface area contributed by atoms with E-state index in [0.717, 1.165) is 89.8 Å². The first-order chi connectivity index (χ1) is 35.9. The number of hydrogen-bond acceptors (Lipinski definition) is 4. The largest absolute Gasteiger partial charge is 0.457 e. The number of ether oxygens (including phenoxy) is 1. The third-order valence-electron chi connectivity index (χ3n) is 14.8. The number of hydrogen-bond donors (Lipinski definition) is 0. The maximum absolute atomic E-state index is 15.6. The van der Waals surface area contributed by atoms with Crippen LogP contribution in [0.3, 0.4) is 0 Å². The van der Waals surface area contributed by atoms with Crippen molar-refractivity contribution in [2.24, 2.45) is 0 Å². The molecular weight excluding hydrogens is 927 g/mol. The summed E-state index contributed by atoms with van der Waals surface area (Å²) >= 11 is 0. The smallest absolute Gasteiger partial charge is 0.137 e. The van der Waals surface area contributed by atoms with Crippen molar-refractivity contribution in [1.29, 1.82) is 0 Å². The number of rotatable bonds is 10. The van der Waals surface area contributed by atoms with Crippen LogP contribution in [0, 0.1) is 11.6 Å². The SMILES string of the molecule is CC(C)c1cc(-c2cc(C(C)(C)C)cc(-c3cc(F)cc(F)c3)c2N2CN(c3cc(Oc4ccc5c6ccccc6n(-c6cc(C(C)(C)C)ccn6)c5c4)cc(-c4ccccc4)c3)c3ccccc32)cc(C(C)C)c1. The van der Waals surface area contributed by atoms with E-state index < -0.39 is 11.6 Å². The van der Waals surface area contributed by atoms with Crippen LogP contribution in [0.4, 0.5) is 31.5 Å². The van der Waals surface area contributed by atoms with Crippen LogP contribution in [0.15, 0.2) is 182 Å². The van der Waals surface area contributed by atoms with E-state index in [-0.39, 0.29) is 22.7 Å². The van der Waals surface area contributed by atoms with Gasteiger partial charge in [0, 0.05) is 52.0 Å². The maximum Gasteiger partial charge on any atom is 0.137 e. The van der Waals surface area contributed by atoms with Gasteiger partial charge in [-0.3, -0.25) is 4.57 Å². The second-order valence-corrected chi connectivity index (χ2v) is 22.9. The average Bonchev–Trinajstić information content (AvgIpc) is 3.95.